The molecule has 1 aromatic rings. The van der Waals surface area contributed by atoms with Crippen molar-refractivity contribution in [2.45, 2.75) is 0 Å². The van der Waals surface area contributed by atoms with E-state index in [1.165, 1.54) is 0 Å². The summed E-state index contributed by atoms with van der Waals surface area (Å²) in [6, 6.07) is 9.66. The Morgan fingerprint density at radius 3 is 2.75 bits per heavy atom. The predicted molar refractivity (Wildman–Crippen MR) is 29.5 cm³/mol. The maximum Gasteiger partial charge on any atom is 0.0954 e. The summed E-state index contributed by atoms with van der Waals surface area (Å²) in [7, 11) is 0. The van der Waals surface area contributed by atoms with Crippen molar-refractivity contribution in [3.8, 4) is 0 Å². The standard InChI is InChI=1S/C6H4N2/c7-8-6-4-2-1-3-5-6/h1-4H. The van der Waals surface area contributed by atoms with E-state index < -0.39 is 0 Å². The van der Waals surface area contributed by atoms with Crippen LogP contribution in [0.2, 0.25) is 0 Å². The Bertz CT molecular complexity index is 169. The molecule has 0 saturated heterocycles. The summed E-state index contributed by atoms with van der Waals surface area (Å²) in [6.45, 7) is 0. The molecule has 38 valence electrons. The fraction of sp³-hybridized carbons (Fsp3) is 0. The Labute approximate surface area is 47.7 Å². The van der Waals surface area contributed by atoms with Gasteiger partial charge in [0.15, 0.2) is 0 Å². The third kappa shape index (κ3) is 0.904. The van der Waals surface area contributed by atoms with Gasteiger partial charge in [0.05, 0.1) is 5.69 Å². The third-order valence-electron chi connectivity index (χ3n) is 0.800. The highest BCUT2D eigenvalue weighted by atomic mass is 14.9. The summed E-state index contributed by atoms with van der Waals surface area (Å²) >= 11 is 0. The highest BCUT2D eigenvalue weighted by molar-refractivity contribution is 5.32. The summed E-state index contributed by atoms with van der Waals surface area (Å²) in [5.41, 5.74) is 8.60. The van der Waals surface area contributed by atoms with Crippen LogP contribution in [0.3, 0.4) is 0 Å². The summed E-state index contributed by atoms with van der Waals surface area (Å²) in [6.07, 6.45) is 0. The van der Waals surface area contributed by atoms with Crippen LogP contribution in [-0.2, 0) is 0 Å². The van der Waals surface area contributed by atoms with Crippen LogP contribution in [0.4, 0.5) is 5.69 Å². The largest absolute Gasteiger partial charge is 0.129 e. The van der Waals surface area contributed by atoms with Gasteiger partial charge in [-0.1, -0.05) is 18.2 Å². The molecule has 0 aliphatic heterocycles. The van der Waals surface area contributed by atoms with Crippen molar-refractivity contribution >= 4 is 5.69 Å². The van der Waals surface area contributed by atoms with Crippen molar-refractivity contribution in [2.75, 3.05) is 0 Å². The third-order valence-corrected chi connectivity index (χ3v) is 0.800. The van der Waals surface area contributed by atoms with E-state index in [1.54, 1.807) is 18.2 Å². The van der Waals surface area contributed by atoms with Crippen LogP contribution in [0.5, 0.6) is 0 Å². The van der Waals surface area contributed by atoms with Crippen LogP contribution in [0.25, 0.3) is 0 Å². The van der Waals surface area contributed by atoms with Crippen LogP contribution in [0, 0.1) is 6.07 Å². The van der Waals surface area contributed by atoms with Gasteiger partial charge >= 0.3 is 0 Å². The van der Waals surface area contributed by atoms with Gasteiger partial charge in [-0.2, -0.15) is 0 Å². The van der Waals surface area contributed by atoms with Crippen molar-refractivity contribution in [3.63, 3.8) is 0 Å². The molecule has 1 aromatic carbocycles. The van der Waals surface area contributed by atoms with E-state index in [1.807, 2.05) is 6.07 Å². The van der Waals surface area contributed by atoms with E-state index in [-0.39, 0.29) is 0 Å². The van der Waals surface area contributed by atoms with Crippen molar-refractivity contribution in [2.24, 2.45) is 5.11 Å². The first kappa shape index (κ1) is 4.97. The molecular formula is C6H4N2. The first-order chi connectivity index (χ1) is 3.93. The second-order valence-electron chi connectivity index (χ2n) is 1.35. The SMILES string of the molecule is [N]=Nc1[c]cccc1. The van der Waals surface area contributed by atoms with Gasteiger partial charge in [-0.3, -0.25) is 0 Å². The predicted octanol–water partition coefficient (Wildman–Crippen LogP) is 1.37. The lowest BCUT2D eigenvalue weighted by molar-refractivity contribution is 1.30. The summed E-state index contributed by atoms with van der Waals surface area (Å²) < 4.78 is 0. The molecule has 2 heteroatoms. The Hall–Kier alpha value is -1.18. The molecule has 0 aliphatic carbocycles. The zero-order valence-electron chi connectivity index (χ0n) is 4.20. The Morgan fingerprint density at radius 1 is 1.50 bits per heavy atom. The number of hydrogen-bond acceptors (Lipinski definition) is 1. The van der Waals surface area contributed by atoms with E-state index in [4.69, 9.17) is 5.53 Å². The van der Waals surface area contributed by atoms with Crippen LogP contribution >= 0.6 is 0 Å². The average Bonchev–Trinajstić information content (AvgIpc) is 1.90. The normalized spacial score (nSPS) is 8.50. The first-order valence-corrected chi connectivity index (χ1v) is 2.25. The fourth-order valence-corrected chi connectivity index (χ4v) is 0.446. The topological polar surface area (TPSA) is 34.7 Å². The summed E-state index contributed by atoms with van der Waals surface area (Å²) in [4.78, 5) is 0. The average molecular weight is 104 g/mol. The van der Waals surface area contributed by atoms with Crippen molar-refractivity contribution in [1.29, 1.82) is 0 Å². The number of rotatable bonds is 1. The Morgan fingerprint density at radius 2 is 2.38 bits per heavy atom. The Balaban J connectivity index is 2.99. The minimum absolute atomic E-state index is 0.465. The lowest BCUT2D eigenvalue weighted by Crippen LogP contribution is -1.59. The molecule has 8 heavy (non-hydrogen) atoms. The molecule has 0 unspecified atom stereocenters. The maximum atomic E-state index is 8.13. The van der Waals surface area contributed by atoms with E-state index >= 15 is 0 Å². The monoisotopic (exact) mass is 104 g/mol. The molecule has 0 aromatic heterocycles. The van der Waals surface area contributed by atoms with E-state index in [2.05, 4.69) is 11.2 Å². The highest BCUT2D eigenvalue weighted by Crippen LogP contribution is 2.05. The van der Waals surface area contributed by atoms with Gasteiger partial charge < -0.3 is 0 Å². The van der Waals surface area contributed by atoms with Crippen LogP contribution in [-0.4, -0.2) is 0 Å². The second kappa shape index (κ2) is 2.21. The molecule has 2 nitrogen and oxygen atoms in total. The van der Waals surface area contributed by atoms with Crippen LogP contribution < -0.4 is 5.53 Å². The molecule has 0 bridgehead atoms. The summed E-state index contributed by atoms with van der Waals surface area (Å²) in [5.74, 6) is 0. The van der Waals surface area contributed by atoms with Crippen LogP contribution in [0.15, 0.2) is 29.4 Å². The maximum absolute atomic E-state index is 8.13. The highest BCUT2D eigenvalue weighted by Gasteiger charge is 1.80. The molecule has 0 atom stereocenters. The lowest BCUT2D eigenvalue weighted by Gasteiger charge is -1.81. The molecule has 0 N–H and O–H groups in total. The van der Waals surface area contributed by atoms with Gasteiger partial charge in [-0.05, 0) is 11.6 Å². The minimum atomic E-state index is 0.465. The quantitative estimate of drug-likeness (QED) is 0.482. The van der Waals surface area contributed by atoms with Gasteiger partial charge in [0.25, 0.3) is 0 Å². The second-order valence-corrected chi connectivity index (χ2v) is 1.35. The van der Waals surface area contributed by atoms with Gasteiger partial charge in [0.1, 0.15) is 0 Å². The number of hydrogen-bond donors (Lipinski definition) is 0. The Kier molecular flexibility index (Phi) is 1.37. The zero-order valence-corrected chi connectivity index (χ0v) is 4.20. The number of nitrogens with zero attached hydrogens (tertiary/aromatic N) is 2. The van der Waals surface area contributed by atoms with Crippen molar-refractivity contribution < 1.29 is 0 Å². The van der Waals surface area contributed by atoms with E-state index in [0.717, 1.165) is 0 Å². The van der Waals surface area contributed by atoms with Gasteiger partial charge in [0, 0.05) is 6.07 Å². The molecule has 0 fully saturated rings. The first-order valence-electron chi connectivity index (χ1n) is 2.25. The van der Waals surface area contributed by atoms with Crippen molar-refractivity contribution in [3.05, 3.63) is 30.3 Å². The smallest absolute Gasteiger partial charge is 0.0954 e. The molecule has 2 radical (unpaired) electrons. The molecule has 0 spiro atoms. The molecular weight excluding hydrogens is 100 g/mol. The number of benzene rings is 1. The van der Waals surface area contributed by atoms with Gasteiger partial charge in [-0.15, -0.1) is 5.11 Å². The van der Waals surface area contributed by atoms with Crippen LogP contribution in [0.1, 0.15) is 0 Å². The fourth-order valence-electron chi connectivity index (χ4n) is 0.446. The van der Waals surface area contributed by atoms with E-state index in [0.29, 0.717) is 5.69 Å². The summed E-state index contributed by atoms with van der Waals surface area (Å²) in [5, 5.41) is 2.92. The molecule has 0 amide bonds. The van der Waals surface area contributed by atoms with Crippen molar-refractivity contribution in [1.82, 2.24) is 5.53 Å². The zero-order chi connectivity index (χ0) is 5.82. The minimum Gasteiger partial charge on any atom is -0.129 e. The van der Waals surface area contributed by atoms with Gasteiger partial charge in [0.2, 0.25) is 0 Å². The molecule has 0 aliphatic rings. The molecule has 1 rings (SSSR count). The molecule has 0 saturated carbocycles. The molecule has 0 heterocycles. The van der Waals surface area contributed by atoms with E-state index in [9.17, 15) is 0 Å². The van der Waals surface area contributed by atoms with Gasteiger partial charge in [-0.25, -0.2) is 0 Å². The lowest BCUT2D eigenvalue weighted by atomic mass is 10.3.